The van der Waals surface area contributed by atoms with Crippen LogP contribution in [0.2, 0.25) is 0 Å². The minimum Gasteiger partial charge on any atom is -0.369 e. The largest absolute Gasteiger partial charge is 0.369 e. The SMILES string of the molecule is CCNC(=O)CN1CCC(C(N)=O)CC1. The number of rotatable bonds is 4. The van der Waals surface area contributed by atoms with Gasteiger partial charge in [-0.2, -0.15) is 0 Å². The van der Waals surface area contributed by atoms with Gasteiger partial charge in [0.15, 0.2) is 0 Å². The standard InChI is InChI=1S/C10H19N3O2/c1-2-12-9(14)7-13-5-3-8(4-6-13)10(11)15/h8H,2-7H2,1H3,(H2,11,15)(H,12,14). The molecule has 0 atom stereocenters. The van der Waals surface area contributed by atoms with Crippen molar-refractivity contribution >= 4 is 11.8 Å². The molecule has 5 heteroatoms. The second-order valence-corrected chi connectivity index (χ2v) is 3.91. The monoisotopic (exact) mass is 213 g/mol. The van der Waals surface area contributed by atoms with Gasteiger partial charge < -0.3 is 11.1 Å². The van der Waals surface area contributed by atoms with E-state index in [1.165, 1.54) is 0 Å². The molecule has 0 bridgehead atoms. The fourth-order valence-electron chi connectivity index (χ4n) is 1.83. The molecule has 1 heterocycles. The van der Waals surface area contributed by atoms with Gasteiger partial charge in [0.2, 0.25) is 11.8 Å². The molecule has 0 spiro atoms. The molecule has 1 aliphatic heterocycles. The minimum atomic E-state index is -0.215. The molecule has 0 saturated carbocycles. The van der Waals surface area contributed by atoms with E-state index < -0.39 is 0 Å². The molecule has 3 N–H and O–H groups in total. The zero-order chi connectivity index (χ0) is 11.3. The molecule has 5 nitrogen and oxygen atoms in total. The summed E-state index contributed by atoms with van der Waals surface area (Å²) in [6.45, 7) is 4.56. The Morgan fingerprint density at radius 2 is 2.00 bits per heavy atom. The number of piperidine rings is 1. The van der Waals surface area contributed by atoms with Crippen molar-refractivity contribution in [3.8, 4) is 0 Å². The van der Waals surface area contributed by atoms with Crippen LogP contribution in [0, 0.1) is 5.92 Å². The van der Waals surface area contributed by atoms with E-state index in [0.717, 1.165) is 25.9 Å². The maximum Gasteiger partial charge on any atom is 0.234 e. The Hall–Kier alpha value is -1.10. The maximum atomic E-state index is 11.3. The van der Waals surface area contributed by atoms with Gasteiger partial charge in [0.1, 0.15) is 0 Å². The number of primary amides is 1. The lowest BCUT2D eigenvalue weighted by atomic mass is 9.96. The zero-order valence-corrected chi connectivity index (χ0v) is 9.16. The van der Waals surface area contributed by atoms with E-state index in [9.17, 15) is 9.59 Å². The van der Waals surface area contributed by atoms with E-state index in [2.05, 4.69) is 10.2 Å². The van der Waals surface area contributed by atoms with Gasteiger partial charge in [-0.05, 0) is 32.9 Å². The Kier molecular flexibility index (Phi) is 4.55. The molecule has 0 aromatic heterocycles. The van der Waals surface area contributed by atoms with Gasteiger partial charge in [0, 0.05) is 12.5 Å². The van der Waals surface area contributed by atoms with Gasteiger partial charge in [-0.15, -0.1) is 0 Å². The van der Waals surface area contributed by atoms with Gasteiger partial charge in [-0.25, -0.2) is 0 Å². The zero-order valence-electron chi connectivity index (χ0n) is 9.16. The van der Waals surface area contributed by atoms with Crippen LogP contribution in [0.3, 0.4) is 0 Å². The summed E-state index contributed by atoms with van der Waals surface area (Å²) >= 11 is 0. The Labute approximate surface area is 90.0 Å². The van der Waals surface area contributed by atoms with E-state index in [1.54, 1.807) is 0 Å². The van der Waals surface area contributed by atoms with Crippen LogP contribution < -0.4 is 11.1 Å². The van der Waals surface area contributed by atoms with Crippen molar-refractivity contribution in [2.45, 2.75) is 19.8 Å². The third-order valence-corrected chi connectivity index (χ3v) is 2.73. The first kappa shape index (κ1) is 12.0. The summed E-state index contributed by atoms with van der Waals surface area (Å²) in [5.41, 5.74) is 5.22. The molecule has 0 aliphatic carbocycles. The second-order valence-electron chi connectivity index (χ2n) is 3.91. The smallest absolute Gasteiger partial charge is 0.234 e. The predicted octanol–water partition coefficient (Wildman–Crippen LogP) is -0.680. The number of carbonyl (C=O) groups excluding carboxylic acids is 2. The van der Waals surface area contributed by atoms with Crippen molar-refractivity contribution in [2.24, 2.45) is 11.7 Å². The molecule has 86 valence electrons. The molecule has 1 rings (SSSR count). The van der Waals surface area contributed by atoms with Crippen LogP contribution in [0.25, 0.3) is 0 Å². The molecule has 0 radical (unpaired) electrons. The van der Waals surface area contributed by atoms with Gasteiger partial charge in [0.25, 0.3) is 0 Å². The fraction of sp³-hybridized carbons (Fsp3) is 0.800. The number of hydrogen-bond acceptors (Lipinski definition) is 3. The molecule has 1 fully saturated rings. The van der Waals surface area contributed by atoms with Crippen LogP contribution in [0.15, 0.2) is 0 Å². The third kappa shape index (κ3) is 3.87. The lowest BCUT2D eigenvalue weighted by Gasteiger charge is -2.29. The number of hydrogen-bond donors (Lipinski definition) is 2. The van der Waals surface area contributed by atoms with E-state index in [0.29, 0.717) is 13.1 Å². The summed E-state index contributed by atoms with van der Waals surface area (Å²) in [7, 11) is 0. The predicted molar refractivity (Wildman–Crippen MR) is 57.0 cm³/mol. The molecule has 1 aliphatic rings. The summed E-state index contributed by atoms with van der Waals surface area (Å²) < 4.78 is 0. The van der Waals surface area contributed by atoms with Crippen molar-refractivity contribution in [3.05, 3.63) is 0 Å². The molecule has 0 unspecified atom stereocenters. The fourth-order valence-corrected chi connectivity index (χ4v) is 1.83. The highest BCUT2D eigenvalue weighted by atomic mass is 16.2. The maximum absolute atomic E-state index is 11.3. The van der Waals surface area contributed by atoms with Crippen LogP contribution in [0.4, 0.5) is 0 Å². The average Bonchev–Trinajstić information content (AvgIpc) is 2.18. The third-order valence-electron chi connectivity index (χ3n) is 2.73. The first-order valence-corrected chi connectivity index (χ1v) is 5.41. The number of amides is 2. The van der Waals surface area contributed by atoms with Crippen molar-refractivity contribution < 1.29 is 9.59 Å². The second kappa shape index (κ2) is 5.70. The minimum absolute atomic E-state index is 0.00418. The summed E-state index contributed by atoms with van der Waals surface area (Å²) in [5.74, 6) is -0.168. The van der Waals surface area contributed by atoms with Crippen LogP contribution in [-0.4, -0.2) is 42.9 Å². The first-order valence-electron chi connectivity index (χ1n) is 5.41. The van der Waals surface area contributed by atoms with Crippen molar-refractivity contribution in [3.63, 3.8) is 0 Å². The van der Waals surface area contributed by atoms with Gasteiger partial charge >= 0.3 is 0 Å². The molecule has 0 aromatic carbocycles. The summed E-state index contributed by atoms with van der Waals surface area (Å²) in [6.07, 6.45) is 1.55. The van der Waals surface area contributed by atoms with Crippen LogP contribution >= 0.6 is 0 Å². The Morgan fingerprint density at radius 3 is 2.47 bits per heavy atom. The van der Waals surface area contributed by atoms with E-state index in [-0.39, 0.29) is 17.7 Å². The normalized spacial score (nSPS) is 18.7. The summed E-state index contributed by atoms with van der Waals surface area (Å²) in [5, 5.41) is 2.75. The van der Waals surface area contributed by atoms with Crippen molar-refractivity contribution in [2.75, 3.05) is 26.2 Å². The first-order chi connectivity index (χ1) is 7.13. The number of nitrogens with one attached hydrogen (secondary N) is 1. The lowest BCUT2D eigenvalue weighted by Crippen LogP contribution is -2.43. The number of carbonyl (C=O) groups is 2. The molecule has 15 heavy (non-hydrogen) atoms. The van der Waals surface area contributed by atoms with E-state index in [1.807, 2.05) is 6.92 Å². The number of nitrogens with zero attached hydrogens (tertiary/aromatic N) is 1. The topological polar surface area (TPSA) is 75.4 Å². The van der Waals surface area contributed by atoms with Crippen molar-refractivity contribution in [1.29, 1.82) is 0 Å². The van der Waals surface area contributed by atoms with Crippen LogP contribution in [-0.2, 0) is 9.59 Å². The molecule has 2 amide bonds. The van der Waals surface area contributed by atoms with Crippen LogP contribution in [0.1, 0.15) is 19.8 Å². The van der Waals surface area contributed by atoms with Crippen molar-refractivity contribution in [1.82, 2.24) is 10.2 Å². The highest BCUT2D eigenvalue weighted by Gasteiger charge is 2.23. The van der Waals surface area contributed by atoms with Gasteiger partial charge in [0.05, 0.1) is 6.54 Å². The molecule has 0 aromatic rings. The molecule has 1 saturated heterocycles. The molecular weight excluding hydrogens is 194 g/mol. The molecular formula is C10H19N3O2. The lowest BCUT2D eigenvalue weighted by molar-refractivity contribution is -0.124. The average molecular weight is 213 g/mol. The van der Waals surface area contributed by atoms with Gasteiger partial charge in [-0.3, -0.25) is 14.5 Å². The summed E-state index contributed by atoms with van der Waals surface area (Å²) in [6, 6.07) is 0. The summed E-state index contributed by atoms with van der Waals surface area (Å²) in [4.78, 5) is 24.3. The number of nitrogens with two attached hydrogens (primary N) is 1. The van der Waals surface area contributed by atoms with Gasteiger partial charge in [-0.1, -0.05) is 0 Å². The number of likely N-dealkylation sites (tertiary alicyclic amines) is 1. The highest BCUT2D eigenvalue weighted by Crippen LogP contribution is 2.15. The Bertz CT molecular complexity index is 235. The Morgan fingerprint density at radius 1 is 1.40 bits per heavy atom. The van der Waals surface area contributed by atoms with E-state index >= 15 is 0 Å². The van der Waals surface area contributed by atoms with Crippen LogP contribution in [0.5, 0.6) is 0 Å². The number of likely N-dealkylation sites (N-methyl/N-ethyl adjacent to an activating group) is 1. The highest BCUT2D eigenvalue weighted by molar-refractivity contribution is 5.78. The Balaban J connectivity index is 2.25. The van der Waals surface area contributed by atoms with E-state index in [4.69, 9.17) is 5.73 Å². The quantitative estimate of drug-likeness (QED) is 0.649.